The second-order valence-electron chi connectivity index (χ2n) is 4.54. The summed E-state index contributed by atoms with van der Waals surface area (Å²) in [5.41, 5.74) is 6.82. The Morgan fingerprint density at radius 1 is 1.06 bits per heavy atom. The average Bonchev–Trinajstić information content (AvgIpc) is 2.58. The highest BCUT2D eigenvalue weighted by Gasteiger charge is 2.14. The van der Waals surface area contributed by atoms with Gasteiger partial charge in [-0.1, -0.05) is 31.0 Å². The summed E-state index contributed by atoms with van der Waals surface area (Å²) in [5.74, 6) is 0.983. The van der Waals surface area contributed by atoms with Gasteiger partial charge in [-0.15, -0.1) is 0 Å². The molecule has 1 aromatic carbocycles. The van der Waals surface area contributed by atoms with Crippen LogP contribution in [0.5, 0.6) is 5.75 Å². The molecule has 0 bridgehead atoms. The van der Waals surface area contributed by atoms with Gasteiger partial charge < -0.3 is 10.5 Å². The molecule has 2 heteroatoms. The SMILES string of the molecule is NCc1ccccc1OC1CCCCCC1. The molecule has 2 rings (SSSR count). The van der Waals surface area contributed by atoms with Crippen LogP contribution in [0.1, 0.15) is 44.1 Å². The standard InChI is InChI=1S/C14H21NO/c15-11-12-7-5-6-10-14(12)16-13-8-3-1-2-4-9-13/h5-7,10,13H,1-4,8-9,11,15H2. The smallest absolute Gasteiger partial charge is 0.124 e. The third-order valence-electron chi connectivity index (χ3n) is 3.29. The lowest BCUT2D eigenvalue weighted by atomic mass is 10.1. The highest BCUT2D eigenvalue weighted by atomic mass is 16.5. The summed E-state index contributed by atoms with van der Waals surface area (Å²) in [5, 5.41) is 0. The predicted octanol–water partition coefficient (Wildman–Crippen LogP) is 3.25. The third-order valence-corrected chi connectivity index (χ3v) is 3.29. The summed E-state index contributed by atoms with van der Waals surface area (Å²) in [6.07, 6.45) is 8.11. The van der Waals surface area contributed by atoms with Crippen molar-refractivity contribution in [3.05, 3.63) is 29.8 Å². The summed E-state index contributed by atoms with van der Waals surface area (Å²) >= 11 is 0. The first-order valence-corrected chi connectivity index (χ1v) is 6.35. The lowest BCUT2D eigenvalue weighted by Gasteiger charge is -2.18. The predicted molar refractivity (Wildman–Crippen MR) is 66.5 cm³/mol. The van der Waals surface area contributed by atoms with Gasteiger partial charge in [0.05, 0.1) is 6.10 Å². The van der Waals surface area contributed by atoms with Gasteiger partial charge in [0, 0.05) is 12.1 Å². The monoisotopic (exact) mass is 219 g/mol. The minimum absolute atomic E-state index is 0.398. The van der Waals surface area contributed by atoms with E-state index < -0.39 is 0 Å². The van der Waals surface area contributed by atoms with Crippen molar-refractivity contribution >= 4 is 0 Å². The van der Waals surface area contributed by atoms with Crippen LogP contribution >= 0.6 is 0 Å². The minimum atomic E-state index is 0.398. The molecule has 0 heterocycles. The maximum atomic E-state index is 6.08. The van der Waals surface area contributed by atoms with Gasteiger partial charge in [0.2, 0.25) is 0 Å². The van der Waals surface area contributed by atoms with Gasteiger partial charge in [0.25, 0.3) is 0 Å². The van der Waals surface area contributed by atoms with Gasteiger partial charge in [0.1, 0.15) is 5.75 Å². The van der Waals surface area contributed by atoms with Crippen LogP contribution in [0.2, 0.25) is 0 Å². The van der Waals surface area contributed by atoms with Gasteiger partial charge in [-0.25, -0.2) is 0 Å². The Labute approximate surface area is 97.8 Å². The van der Waals surface area contributed by atoms with Crippen molar-refractivity contribution in [2.45, 2.75) is 51.2 Å². The molecule has 0 aliphatic heterocycles. The molecule has 1 aliphatic rings. The molecule has 2 nitrogen and oxygen atoms in total. The van der Waals surface area contributed by atoms with E-state index in [1.54, 1.807) is 0 Å². The number of ether oxygens (including phenoxy) is 1. The van der Waals surface area contributed by atoms with E-state index in [0.29, 0.717) is 12.6 Å². The van der Waals surface area contributed by atoms with E-state index in [2.05, 4.69) is 0 Å². The van der Waals surface area contributed by atoms with Crippen molar-refractivity contribution in [2.24, 2.45) is 5.73 Å². The maximum absolute atomic E-state index is 6.08. The third kappa shape index (κ3) is 2.99. The van der Waals surface area contributed by atoms with Gasteiger partial charge in [-0.3, -0.25) is 0 Å². The van der Waals surface area contributed by atoms with Crippen LogP contribution in [0.15, 0.2) is 24.3 Å². The van der Waals surface area contributed by atoms with Gasteiger partial charge in [-0.05, 0) is 31.7 Å². The second-order valence-corrected chi connectivity index (χ2v) is 4.54. The second kappa shape index (κ2) is 5.90. The number of hydrogen-bond donors (Lipinski definition) is 1. The Balaban J connectivity index is 2.01. The molecule has 0 atom stereocenters. The zero-order valence-electron chi connectivity index (χ0n) is 9.82. The molecule has 0 spiro atoms. The van der Waals surface area contributed by atoms with E-state index in [1.165, 1.54) is 38.5 Å². The molecule has 0 radical (unpaired) electrons. The minimum Gasteiger partial charge on any atom is -0.490 e. The van der Waals surface area contributed by atoms with Gasteiger partial charge >= 0.3 is 0 Å². The summed E-state index contributed by atoms with van der Waals surface area (Å²) in [7, 11) is 0. The molecule has 2 N–H and O–H groups in total. The quantitative estimate of drug-likeness (QED) is 0.792. The van der Waals surface area contributed by atoms with Crippen molar-refractivity contribution in [1.29, 1.82) is 0 Å². The van der Waals surface area contributed by atoms with Gasteiger partial charge in [-0.2, -0.15) is 0 Å². The van der Waals surface area contributed by atoms with Crippen LogP contribution in [0.4, 0.5) is 0 Å². The van der Waals surface area contributed by atoms with Crippen LogP contribution < -0.4 is 10.5 Å². The normalized spacial score (nSPS) is 18.1. The molecule has 1 fully saturated rings. The number of para-hydroxylation sites is 1. The number of hydrogen-bond acceptors (Lipinski definition) is 2. The highest BCUT2D eigenvalue weighted by Crippen LogP contribution is 2.25. The molecule has 0 saturated heterocycles. The van der Waals surface area contributed by atoms with E-state index in [1.807, 2.05) is 24.3 Å². The molecule has 0 aromatic heterocycles. The summed E-state index contributed by atoms with van der Waals surface area (Å²) in [4.78, 5) is 0. The Bertz CT molecular complexity index is 316. The van der Waals surface area contributed by atoms with Crippen LogP contribution in [0.3, 0.4) is 0 Å². The molecular formula is C14H21NO. The number of rotatable bonds is 3. The Morgan fingerprint density at radius 2 is 1.75 bits per heavy atom. The van der Waals surface area contributed by atoms with Crippen LogP contribution in [0.25, 0.3) is 0 Å². The van der Waals surface area contributed by atoms with Crippen molar-refractivity contribution in [1.82, 2.24) is 0 Å². The first-order chi connectivity index (χ1) is 7.90. The lowest BCUT2D eigenvalue weighted by molar-refractivity contribution is 0.182. The zero-order chi connectivity index (χ0) is 11.2. The van der Waals surface area contributed by atoms with Crippen molar-refractivity contribution in [2.75, 3.05) is 0 Å². The maximum Gasteiger partial charge on any atom is 0.124 e. The van der Waals surface area contributed by atoms with Crippen molar-refractivity contribution < 1.29 is 4.74 Å². The first kappa shape index (κ1) is 11.5. The van der Waals surface area contributed by atoms with Crippen molar-refractivity contribution in [3.8, 4) is 5.75 Å². The van der Waals surface area contributed by atoms with E-state index in [4.69, 9.17) is 10.5 Å². The number of nitrogens with two attached hydrogens (primary N) is 1. The lowest BCUT2D eigenvalue weighted by Crippen LogP contribution is -2.16. The van der Waals surface area contributed by atoms with Gasteiger partial charge in [0.15, 0.2) is 0 Å². The molecule has 1 aromatic rings. The molecule has 1 saturated carbocycles. The Morgan fingerprint density at radius 3 is 2.44 bits per heavy atom. The Hall–Kier alpha value is -1.02. The summed E-state index contributed by atoms with van der Waals surface area (Å²) in [6.45, 7) is 0.558. The van der Waals surface area contributed by atoms with Crippen LogP contribution in [0, 0.1) is 0 Å². The largest absolute Gasteiger partial charge is 0.490 e. The summed E-state index contributed by atoms with van der Waals surface area (Å²) < 4.78 is 6.08. The molecule has 16 heavy (non-hydrogen) atoms. The van der Waals surface area contributed by atoms with Crippen LogP contribution in [-0.4, -0.2) is 6.10 Å². The molecular weight excluding hydrogens is 198 g/mol. The van der Waals surface area contributed by atoms with E-state index in [-0.39, 0.29) is 0 Å². The van der Waals surface area contributed by atoms with Crippen LogP contribution in [-0.2, 0) is 6.54 Å². The average molecular weight is 219 g/mol. The molecule has 0 unspecified atom stereocenters. The first-order valence-electron chi connectivity index (χ1n) is 6.35. The van der Waals surface area contributed by atoms with E-state index >= 15 is 0 Å². The Kier molecular flexibility index (Phi) is 4.23. The summed E-state index contributed by atoms with van der Waals surface area (Å²) in [6, 6.07) is 8.12. The molecule has 1 aliphatic carbocycles. The van der Waals surface area contributed by atoms with E-state index in [0.717, 1.165) is 11.3 Å². The molecule has 88 valence electrons. The fourth-order valence-corrected chi connectivity index (χ4v) is 2.33. The fraction of sp³-hybridized carbons (Fsp3) is 0.571. The molecule has 0 amide bonds. The fourth-order valence-electron chi connectivity index (χ4n) is 2.33. The highest BCUT2D eigenvalue weighted by molar-refractivity contribution is 5.33. The number of benzene rings is 1. The van der Waals surface area contributed by atoms with Crippen molar-refractivity contribution in [3.63, 3.8) is 0 Å². The topological polar surface area (TPSA) is 35.2 Å². The zero-order valence-corrected chi connectivity index (χ0v) is 9.82. The van der Waals surface area contributed by atoms with E-state index in [9.17, 15) is 0 Å².